The third-order valence-electron chi connectivity index (χ3n) is 3.48. The van der Waals surface area contributed by atoms with E-state index in [1.165, 1.54) is 0 Å². The summed E-state index contributed by atoms with van der Waals surface area (Å²) < 4.78 is 6.00. The fourth-order valence-electron chi connectivity index (χ4n) is 2.22. The lowest BCUT2D eigenvalue weighted by Gasteiger charge is -2.27. The van der Waals surface area contributed by atoms with Crippen LogP contribution in [-0.4, -0.2) is 24.0 Å². The van der Waals surface area contributed by atoms with Crippen molar-refractivity contribution in [2.24, 2.45) is 0 Å². The zero-order valence-electron chi connectivity index (χ0n) is 13.0. The van der Waals surface area contributed by atoms with Gasteiger partial charge in [-0.05, 0) is 53.5 Å². The summed E-state index contributed by atoms with van der Waals surface area (Å²) in [6.07, 6.45) is 0. The number of hydrogen-bond acceptors (Lipinski definition) is 2. The average molecular weight is 362 g/mol. The summed E-state index contributed by atoms with van der Waals surface area (Å²) in [5.74, 6) is 0.666. The molecule has 0 spiro atoms. The topological polar surface area (TPSA) is 29.5 Å². The molecule has 0 aliphatic heterocycles. The quantitative estimate of drug-likeness (QED) is 0.783. The van der Waals surface area contributed by atoms with Gasteiger partial charge >= 0.3 is 0 Å². The number of carbonyl (C=O) groups excluding carboxylic acids is 1. The van der Waals surface area contributed by atoms with E-state index in [0.29, 0.717) is 17.9 Å². The van der Waals surface area contributed by atoms with Crippen LogP contribution >= 0.6 is 15.9 Å². The van der Waals surface area contributed by atoms with Gasteiger partial charge < -0.3 is 9.64 Å². The molecule has 2 aromatic carbocycles. The van der Waals surface area contributed by atoms with Gasteiger partial charge in [0.25, 0.3) is 5.91 Å². The van der Waals surface area contributed by atoms with E-state index in [0.717, 1.165) is 10.0 Å². The summed E-state index contributed by atoms with van der Waals surface area (Å²) in [5, 5.41) is 0. The molecule has 116 valence electrons. The summed E-state index contributed by atoms with van der Waals surface area (Å²) in [7, 11) is 1.60. The van der Waals surface area contributed by atoms with Crippen molar-refractivity contribution in [1.82, 2.24) is 4.90 Å². The Balaban J connectivity index is 2.30. The van der Waals surface area contributed by atoms with Crippen molar-refractivity contribution < 1.29 is 9.53 Å². The maximum Gasteiger partial charge on any atom is 0.255 e. The van der Waals surface area contributed by atoms with Crippen molar-refractivity contribution >= 4 is 21.8 Å². The first-order valence-corrected chi connectivity index (χ1v) is 8.00. The molecule has 4 heteroatoms. The monoisotopic (exact) mass is 361 g/mol. The van der Waals surface area contributed by atoms with E-state index in [1.807, 2.05) is 61.2 Å². The van der Waals surface area contributed by atoms with Crippen molar-refractivity contribution in [2.45, 2.75) is 26.4 Å². The highest BCUT2D eigenvalue weighted by Gasteiger charge is 2.21. The summed E-state index contributed by atoms with van der Waals surface area (Å²) in [4.78, 5) is 14.8. The highest BCUT2D eigenvalue weighted by atomic mass is 79.9. The van der Waals surface area contributed by atoms with Gasteiger partial charge in [-0.2, -0.15) is 0 Å². The SMILES string of the molecule is COc1ccc(Br)c(C(=O)N(Cc2ccccc2)C(C)C)c1. The molecule has 22 heavy (non-hydrogen) atoms. The van der Waals surface area contributed by atoms with Crippen LogP contribution in [0.1, 0.15) is 29.8 Å². The second-order valence-corrected chi connectivity index (χ2v) is 6.21. The van der Waals surface area contributed by atoms with E-state index >= 15 is 0 Å². The first-order chi connectivity index (χ1) is 10.5. The Morgan fingerprint density at radius 2 is 1.86 bits per heavy atom. The first-order valence-electron chi connectivity index (χ1n) is 7.21. The molecule has 0 N–H and O–H groups in total. The molecule has 0 aliphatic rings. The fourth-order valence-corrected chi connectivity index (χ4v) is 2.64. The molecule has 2 aromatic rings. The van der Waals surface area contributed by atoms with Gasteiger partial charge in [0.2, 0.25) is 0 Å². The second kappa shape index (κ2) is 7.45. The Morgan fingerprint density at radius 3 is 2.45 bits per heavy atom. The largest absolute Gasteiger partial charge is 0.497 e. The van der Waals surface area contributed by atoms with Crippen LogP contribution in [0.5, 0.6) is 5.75 Å². The molecule has 0 aliphatic carbocycles. The molecule has 1 amide bonds. The van der Waals surface area contributed by atoms with Crippen molar-refractivity contribution in [2.75, 3.05) is 7.11 Å². The van der Waals surface area contributed by atoms with E-state index in [2.05, 4.69) is 15.9 Å². The van der Waals surface area contributed by atoms with Gasteiger partial charge in [0.1, 0.15) is 5.75 Å². The van der Waals surface area contributed by atoms with Crippen LogP contribution in [0.3, 0.4) is 0 Å². The van der Waals surface area contributed by atoms with Gasteiger partial charge in [0.15, 0.2) is 0 Å². The Labute approximate surface area is 140 Å². The predicted octanol–water partition coefficient (Wildman–Crippen LogP) is 4.51. The maximum atomic E-state index is 12.9. The molecular weight excluding hydrogens is 342 g/mol. The Bertz CT molecular complexity index is 641. The van der Waals surface area contributed by atoms with E-state index in [-0.39, 0.29) is 11.9 Å². The molecule has 2 rings (SSSR count). The van der Waals surface area contributed by atoms with Crippen LogP contribution in [0.2, 0.25) is 0 Å². The molecule has 0 saturated carbocycles. The Kier molecular flexibility index (Phi) is 5.61. The summed E-state index contributed by atoms with van der Waals surface area (Å²) in [6.45, 7) is 4.63. The van der Waals surface area contributed by atoms with Crippen molar-refractivity contribution in [3.63, 3.8) is 0 Å². The number of carbonyl (C=O) groups is 1. The lowest BCUT2D eigenvalue weighted by atomic mass is 10.1. The Hall–Kier alpha value is -1.81. The molecule has 0 unspecified atom stereocenters. The van der Waals surface area contributed by atoms with Gasteiger partial charge in [-0.3, -0.25) is 4.79 Å². The van der Waals surface area contributed by atoms with Crippen LogP contribution in [0.15, 0.2) is 53.0 Å². The summed E-state index contributed by atoms with van der Waals surface area (Å²) in [6, 6.07) is 15.6. The number of halogens is 1. The molecule has 3 nitrogen and oxygen atoms in total. The van der Waals surface area contributed by atoms with Gasteiger partial charge in [0, 0.05) is 17.1 Å². The minimum Gasteiger partial charge on any atom is -0.497 e. The predicted molar refractivity (Wildman–Crippen MR) is 92.1 cm³/mol. The highest BCUT2D eigenvalue weighted by molar-refractivity contribution is 9.10. The average Bonchev–Trinajstić information content (AvgIpc) is 2.53. The minimum atomic E-state index is -0.00960. The number of ether oxygens (including phenoxy) is 1. The van der Waals surface area contributed by atoms with Crippen molar-refractivity contribution in [3.8, 4) is 5.75 Å². The van der Waals surface area contributed by atoms with Gasteiger partial charge in [-0.15, -0.1) is 0 Å². The summed E-state index contributed by atoms with van der Waals surface area (Å²) in [5.41, 5.74) is 1.73. The van der Waals surface area contributed by atoms with E-state index in [1.54, 1.807) is 13.2 Å². The number of rotatable bonds is 5. The zero-order valence-corrected chi connectivity index (χ0v) is 14.6. The van der Waals surface area contributed by atoms with Gasteiger partial charge in [-0.25, -0.2) is 0 Å². The van der Waals surface area contributed by atoms with Crippen LogP contribution in [0.4, 0.5) is 0 Å². The van der Waals surface area contributed by atoms with Crippen molar-refractivity contribution in [3.05, 3.63) is 64.1 Å². The maximum absolute atomic E-state index is 12.9. The van der Waals surface area contributed by atoms with Gasteiger partial charge in [0.05, 0.1) is 12.7 Å². The normalized spacial score (nSPS) is 10.6. The third kappa shape index (κ3) is 3.89. The zero-order chi connectivity index (χ0) is 16.1. The lowest BCUT2D eigenvalue weighted by Crippen LogP contribution is -2.36. The number of methoxy groups -OCH3 is 1. The minimum absolute atomic E-state index is 0.00960. The number of hydrogen-bond donors (Lipinski definition) is 0. The second-order valence-electron chi connectivity index (χ2n) is 5.36. The third-order valence-corrected chi connectivity index (χ3v) is 4.18. The summed E-state index contributed by atoms with van der Waals surface area (Å²) >= 11 is 3.46. The standard InChI is InChI=1S/C18H20BrNO2/c1-13(2)20(12-14-7-5-4-6-8-14)18(21)16-11-15(22-3)9-10-17(16)19/h4-11,13H,12H2,1-3H3. The highest BCUT2D eigenvalue weighted by Crippen LogP contribution is 2.25. The number of nitrogens with zero attached hydrogens (tertiary/aromatic N) is 1. The number of amides is 1. The van der Waals surface area contributed by atoms with E-state index < -0.39 is 0 Å². The molecule has 0 heterocycles. The molecule has 0 radical (unpaired) electrons. The molecule has 0 aromatic heterocycles. The molecule has 0 atom stereocenters. The molecular formula is C18H20BrNO2. The number of benzene rings is 2. The lowest BCUT2D eigenvalue weighted by molar-refractivity contribution is 0.0689. The fraction of sp³-hybridized carbons (Fsp3) is 0.278. The van der Waals surface area contributed by atoms with Gasteiger partial charge in [-0.1, -0.05) is 30.3 Å². The van der Waals surface area contributed by atoms with Crippen LogP contribution < -0.4 is 4.74 Å². The molecule has 0 saturated heterocycles. The Morgan fingerprint density at radius 1 is 1.18 bits per heavy atom. The molecule has 0 bridgehead atoms. The van der Waals surface area contributed by atoms with E-state index in [9.17, 15) is 4.79 Å². The molecule has 0 fully saturated rings. The van der Waals surface area contributed by atoms with Crippen LogP contribution in [-0.2, 0) is 6.54 Å². The smallest absolute Gasteiger partial charge is 0.255 e. The van der Waals surface area contributed by atoms with Crippen LogP contribution in [0, 0.1) is 0 Å². The van der Waals surface area contributed by atoms with Crippen LogP contribution in [0.25, 0.3) is 0 Å². The van der Waals surface area contributed by atoms with E-state index in [4.69, 9.17) is 4.74 Å². The first kappa shape index (κ1) is 16.6. The van der Waals surface area contributed by atoms with Crippen molar-refractivity contribution in [1.29, 1.82) is 0 Å².